The monoisotopic (exact) mass is 355 g/mol. The molecule has 2 fully saturated rings. The van der Waals surface area contributed by atoms with Crippen LogP contribution in [0, 0.1) is 11.8 Å². The number of hydrogen-bond donors (Lipinski definition) is 2. The van der Waals surface area contributed by atoms with E-state index in [2.05, 4.69) is 20.0 Å². The lowest BCUT2D eigenvalue weighted by atomic mass is 10.0. The van der Waals surface area contributed by atoms with Crippen molar-refractivity contribution in [1.29, 1.82) is 0 Å². The third kappa shape index (κ3) is 4.06. The number of rotatable bonds is 7. The molecule has 1 amide bonds. The molecule has 2 aliphatic rings. The van der Waals surface area contributed by atoms with Crippen LogP contribution in [0.15, 0.2) is 33.6 Å². The van der Waals surface area contributed by atoms with Crippen LogP contribution >= 0.6 is 0 Å². The van der Waals surface area contributed by atoms with Gasteiger partial charge in [-0.05, 0) is 36.7 Å². The van der Waals surface area contributed by atoms with E-state index in [0.717, 1.165) is 30.2 Å². The van der Waals surface area contributed by atoms with E-state index in [1.807, 2.05) is 24.3 Å². The predicted octanol–water partition coefficient (Wildman–Crippen LogP) is 3.05. The Morgan fingerprint density at radius 2 is 2.00 bits per heavy atom. The number of carbonyl (C=O) groups excluding carboxylic acids is 1. The summed E-state index contributed by atoms with van der Waals surface area (Å²) in [6.45, 7) is 0. The Hall–Kier alpha value is -2.37. The number of aromatic nitrogens is 2. The molecule has 4 rings (SSSR count). The van der Waals surface area contributed by atoms with Crippen molar-refractivity contribution in [2.75, 3.05) is 0 Å². The Bertz CT molecular complexity index is 802. The number of benzene rings is 1. The van der Waals surface area contributed by atoms with E-state index in [0.29, 0.717) is 18.3 Å². The highest BCUT2D eigenvalue weighted by atomic mass is 16.5. The van der Waals surface area contributed by atoms with E-state index < -0.39 is 5.76 Å². The maximum Gasteiger partial charge on any atom is 0.439 e. The van der Waals surface area contributed by atoms with E-state index in [4.69, 9.17) is 0 Å². The van der Waals surface area contributed by atoms with Gasteiger partial charge in [0.15, 0.2) is 5.82 Å². The fourth-order valence-corrected chi connectivity index (χ4v) is 4.20. The summed E-state index contributed by atoms with van der Waals surface area (Å²) < 4.78 is 4.51. The van der Waals surface area contributed by atoms with Gasteiger partial charge in [-0.2, -0.15) is 0 Å². The van der Waals surface area contributed by atoms with Crippen LogP contribution in [0.2, 0.25) is 0 Å². The summed E-state index contributed by atoms with van der Waals surface area (Å²) in [4.78, 5) is 25.6. The maximum atomic E-state index is 12.1. The van der Waals surface area contributed by atoms with Crippen molar-refractivity contribution in [3.8, 4) is 11.4 Å². The standard InChI is InChI=1S/C20H25N3O3/c24-18(21-17-12-16(17)14-5-1-2-6-14)7-3-4-13-8-10-15(11-9-13)19-22-20(25)26-23-19/h8-11,14,16-17H,1-7,12H2,(H,21,24)(H,22,23,25). The topological polar surface area (TPSA) is 88.0 Å². The molecule has 0 bridgehead atoms. The smallest absolute Gasteiger partial charge is 0.353 e. The summed E-state index contributed by atoms with van der Waals surface area (Å²) in [6.07, 6.45) is 8.91. The van der Waals surface area contributed by atoms with Gasteiger partial charge in [0.25, 0.3) is 0 Å². The van der Waals surface area contributed by atoms with E-state index in [-0.39, 0.29) is 5.91 Å². The average molecular weight is 355 g/mol. The Morgan fingerprint density at radius 3 is 2.69 bits per heavy atom. The molecule has 0 saturated heterocycles. The van der Waals surface area contributed by atoms with E-state index >= 15 is 0 Å². The van der Waals surface area contributed by atoms with Gasteiger partial charge in [0.05, 0.1) is 0 Å². The zero-order chi connectivity index (χ0) is 17.9. The Morgan fingerprint density at radius 1 is 1.23 bits per heavy atom. The van der Waals surface area contributed by atoms with Crippen LogP contribution in [0.4, 0.5) is 0 Å². The van der Waals surface area contributed by atoms with Gasteiger partial charge in [0.1, 0.15) is 0 Å². The fourth-order valence-electron chi connectivity index (χ4n) is 4.20. The van der Waals surface area contributed by atoms with Crippen LogP contribution in [0.1, 0.15) is 50.5 Å². The van der Waals surface area contributed by atoms with Gasteiger partial charge in [0.2, 0.25) is 5.91 Å². The molecule has 1 aromatic heterocycles. The first kappa shape index (κ1) is 17.1. The molecule has 2 aliphatic carbocycles. The van der Waals surface area contributed by atoms with Crippen molar-refractivity contribution in [1.82, 2.24) is 15.5 Å². The summed E-state index contributed by atoms with van der Waals surface area (Å²) in [5.74, 6) is 1.67. The highest BCUT2D eigenvalue weighted by Crippen LogP contribution is 2.45. The molecule has 0 spiro atoms. The quantitative estimate of drug-likeness (QED) is 0.799. The molecule has 2 N–H and O–H groups in total. The first-order valence-corrected chi connectivity index (χ1v) is 9.64. The first-order valence-electron chi connectivity index (χ1n) is 9.64. The molecule has 2 atom stereocenters. The molecular formula is C20H25N3O3. The average Bonchev–Trinajstić information content (AvgIpc) is 3.02. The lowest BCUT2D eigenvalue weighted by Crippen LogP contribution is -2.27. The number of nitrogens with zero attached hydrogens (tertiary/aromatic N) is 1. The van der Waals surface area contributed by atoms with Crippen LogP contribution in [0.3, 0.4) is 0 Å². The van der Waals surface area contributed by atoms with Gasteiger partial charge < -0.3 is 5.32 Å². The summed E-state index contributed by atoms with van der Waals surface area (Å²) in [7, 11) is 0. The predicted molar refractivity (Wildman–Crippen MR) is 97.5 cm³/mol. The van der Waals surface area contributed by atoms with Gasteiger partial charge in [-0.1, -0.05) is 55.1 Å². The number of amides is 1. The Labute approximate surface area is 152 Å². The third-order valence-electron chi connectivity index (χ3n) is 5.73. The van der Waals surface area contributed by atoms with E-state index in [1.165, 1.54) is 37.7 Å². The van der Waals surface area contributed by atoms with Crippen LogP contribution in [0.25, 0.3) is 11.4 Å². The first-order chi connectivity index (χ1) is 12.7. The van der Waals surface area contributed by atoms with Crippen molar-refractivity contribution < 1.29 is 9.32 Å². The Kier molecular flexibility index (Phi) is 4.91. The zero-order valence-electron chi connectivity index (χ0n) is 14.9. The molecule has 0 aliphatic heterocycles. The van der Waals surface area contributed by atoms with Crippen LogP contribution < -0.4 is 11.1 Å². The van der Waals surface area contributed by atoms with Crippen LogP contribution in [0.5, 0.6) is 0 Å². The lowest BCUT2D eigenvalue weighted by molar-refractivity contribution is -0.121. The highest BCUT2D eigenvalue weighted by Gasteiger charge is 2.44. The lowest BCUT2D eigenvalue weighted by Gasteiger charge is -2.09. The summed E-state index contributed by atoms with van der Waals surface area (Å²) in [5, 5.41) is 6.88. The van der Waals surface area contributed by atoms with Crippen LogP contribution in [-0.2, 0) is 11.2 Å². The van der Waals surface area contributed by atoms with Crippen LogP contribution in [-0.4, -0.2) is 22.1 Å². The van der Waals surface area contributed by atoms with Gasteiger partial charge in [-0.3, -0.25) is 14.3 Å². The number of H-pyrrole nitrogens is 1. The van der Waals surface area contributed by atoms with Gasteiger partial charge in [0, 0.05) is 18.0 Å². The second kappa shape index (κ2) is 7.48. The molecule has 6 heteroatoms. The van der Waals surface area contributed by atoms with Crippen molar-refractivity contribution in [3.05, 3.63) is 40.4 Å². The third-order valence-corrected chi connectivity index (χ3v) is 5.73. The number of hydrogen-bond acceptors (Lipinski definition) is 4. The van der Waals surface area contributed by atoms with Gasteiger partial charge >= 0.3 is 5.76 Å². The van der Waals surface area contributed by atoms with Crippen molar-refractivity contribution in [2.45, 2.75) is 57.4 Å². The van der Waals surface area contributed by atoms with Crippen molar-refractivity contribution in [2.24, 2.45) is 11.8 Å². The number of nitrogens with one attached hydrogen (secondary N) is 2. The second-order valence-electron chi connectivity index (χ2n) is 7.61. The van der Waals surface area contributed by atoms with Gasteiger partial charge in [-0.15, -0.1) is 0 Å². The SMILES string of the molecule is O=C(CCCc1ccc(-c2noc(=O)[nH]2)cc1)NC1CC1C1CCCC1. The normalized spacial score (nSPS) is 22.5. The summed E-state index contributed by atoms with van der Waals surface area (Å²) >= 11 is 0. The molecule has 26 heavy (non-hydrogen) atoms. The molecule has 2 aromatic rings. The molecular weight excluding hydrogens is 330 g/mol. The van der Waals surface area contributed by atoms with E-state index in [9.17, 15) is 9.59 Å². The minimum Gasteiger partial charge on any atom is -0.353 e. The molecule has 2 unspecified atom stereocenters. The summed E-state index contributed by atoms with van der Waals surface area (Å²) in [5.41, 5.74) is 1.98. The largest absolute Gasteiger partial charge is 0.439 e. The maximum absolute atomic E-state index is 12.1. The zero-order valence-corrected chi connectivity index (χ0v) is 14.9. The molecule has 2 saturated carbocycles. The fraction of sp³-hybridized carbons (Fsp3) is 0.550. The molecule has 138 valence electrons. The second-order valence-corrected chi connectivity index (χ2v) is 7.61. The molecule has 0 radical (unpaired) electrons. The minimum absolute atomic E-state index is 0.187. The van der Waals surface area contributed by atoms with Crippen molar-refractivity contribution in [3.63, 3.8) is 0 Å². The molecule has 1 heterocycles. The number of aromatic amines is 1. The summed E-state index contributed by atoms with van der Waals surface area (Å²) in [6, 6.07) is 8.24. The Balaban J connectivity index is 1.18. The number of aryl methyl sites for hydroxylation is 1. The minimum atomic E-state index is -0.555. The van der Waals surface area contributed by atoms with Crippen molar-refractivity contribution >= 4 is 5.91 Å². The molecule has 1 aromatic carbocycles. The van der Waals surface area contributed by atoms with E-state index in [1.54, 1.807) is 0 Å². The molecule has 6 nitrogen and oxygen atoms in total. The van der Waals surface area contributed by atoms with Gasteiger partial charge in [-0.25, -0.2) is 4.79 Å². The number of carbonyl (C=O) groups is 1. The highest BCUT2D eigenvalue weighted by molar-refractivity contribution is 5.76.